The van der Waals surface area contributed by atoms with Crippen LogP contribution in [-0.4, -0.2) is 16.2 Å². The van der Waals surface area contributed by atoms with Crippen molar-refractivity contribution in [3.63, 3.8) is 0 Å². The minimum absolute atomic E-state index is 0.281. The third-order valence-electron chi connectivity index (χ3n) is 11.3. The number of hydrogen-bond acceptors (Lipinski definition) is 5. The molecule has 0 amide bonds. The molecule has 8 aromatic carbocycles. The Morgan fingerprint density at radius 3 is 1.98 bits per heavy atom. The summed E-state index contributed by atoms with van der Waals surface area (Å²) in [6, 6.07) is 63.4. The van der Waals surface area contributed by atoms with Crippen molar-refractivity contribution >= 4 is 77.4 Å². The number of nitrogens with zero attached hydrogens (tertiary/aromatic N) is 3. The number of rotatable bonds is 5. The Morgan fingerprint density at radius 1 is 0.439 bits per heavy atom. The number of para-hydroxylation sites is 2. The van der Waals surface area contributed by atoms with Gasteiger partial charge in [-0.15, -0.1) is 0 Å². The van der Waals surface area contributed by atoms with Gasteiger partial charge in [-0.1, -0.05) is 121 Å². The van der Waals surface area contributed by atoms with Crippen LogP contribution in [0, 0.1) is 0 Å². The molecule has 11 aromatic rings. The van der Waals surface area contributed by atoms with E-state index in [4.69, 9.17) is 18.8 Å². The lowest BCUT2D eigenvalue weighted by Gasteiger charge is -2.23. The number of benzene rings is 8. The topological polar surface area (TPSA) is 68.0 Å². The first-order chi connectivity index (χ1) is 28.2. The quantitative estimate of drug-likeness (QED) is 0.192. The third kappa shape index (κ3) is 5.04. The molecule has 6 nitrogen and oxygen atoms in total. The molecule has 12 rings (SSSR count). The van der Waals surface area contributed by atoms with E-state index >= 15 is 0 Å². The van der Waals surface area contributed by atoms with Gasteiger partial charge in [-0.2, -0.15) is 0 Å². The highest BCUT2D eigenvalue weighted by molar-refractivity contribution is 6.17. The number of amidine groups is 2. The molecule has 0 saturated heterocycles. The van der Waals surface area contributed by atoms with E-state index in [0.717, 1.165) is 94.3 Å². The van der Waals surface area contributed by atoms with Gasteiger partial charge in [-0.05, 0) is 77.4 Å². The molecule has 6 heteroatoms. The van der Waals surface area contributed by atoms with Crippen molar-refractivity contribution in [1.82, 2.24) is 9.88 Å². The number of nitrogens with one attached hydrogen (secondary N) is 1. The number of hydrogen-bond donors (Lipinski definition) is 1. The van der Waals surface area contributed by atoms with Crippen molar-refractivity contribution in [3.8, 4) is 16.8 Å². The van der Waals surface area contributed by atoms with Crippen molar-refractivity contribution < 1.29 is 8.83 Å². The molecule has 0 radical (unpaired) electrons. The van der Waals surface area contributed by atoms with Gasteiger partial charge in [-0.25, -0.2) is 9.98 Å². The summed E-state index contributed by atoms with van der Waals surface area (Å²) in [5, 5.41) is 10.4. The molecule has 1 unspecified atom stereocenters. The predicted molar refractivity (Wildman–Crippen MR) is 233 cm³/mol. The van der Waals surface area contributed by atoms with Crippen LogP contribution in [0.3, 0.4) is 0 Å². The number of fused-ring (bicyclic) bond motifs is 9. The summed E-state index contributed by atoms with van der Waals surface area (Å²) in [6.07, 6.45) is -0.281. The molecule has 1 atom stereocenters. The van der Waals surface area contributed by atoms with Gasteiger partial charge in [-0.3, -0.25) is 0 Å². The van der Waals surface area contributed by atoms with Crippen LogP contribution in [0.2, 0.25) is 0 Å². The van der Waals surface area contributed by atoms with Crippen molar-refractivity contribution in [3.05, 3.63) is 199 Å². The maximum atomic E-state index is 6.67. The molecule has 1 aliphatic rings. The van der Waals surface area contributed by atoms with E-state index in [1.165, 1.54) is 10.8 Å². The van der Waals surface area contributed by atoms with E-state index in [0.29, 0.717) is 5.84 Å². The third-order valence-corrected chi connectivity index (χ3v) is 11.3. The minimum atomic E-state index is -0.281. The molecule has 0 spiro atoms. The molecule has 0 bridgehead atoms. The highest BCUT2D eigenvalue weighted by atomic mass is 16.3. The summed E-state index contributed by atoms with van der Waals surface area (Å²) in [5.74, 6) is 1.44. The van der Waals surface area contributed by atoms with E-state index in [9.17, 15) is 0 Å². The van der Waals surface area contributed by atoms with Crippen LogP contribution in [-0.2, 0) is 0 Å². The van der Waals surface area contributed by atoms with Crippen molar-refractivity contribution in [2.24, 2.45) is 9.98 Å². The van der Waals surface area contributed by atoms with Crippen LogP contribution in [0.5, 0.6) is 0 Å². The summed E-state index contributed by atoms with van der Waals surface area (Å²) < 4.78 is 15.2. The Hall–Kier alpha value is -7.70. The molecule has 1 aliphatic heterocycles. The van der Waals surface area contributed by atoms with Crippen molar-refractivity contribution in [2.45, 2.75) is 6.17 Å². The van der Waals surface area contributed by atoms with Crippen LogP contribution in [0.1, 0.15) is 22.9 Å². The van der Waals surface area contributed by atoms with Crippen LogP contribution in [0.4, 0.5) is 0 Å². The van der Waals surface area contributed by atoms with Gasteiger partial charge in [0, 0.05) is 38.1 Å². The second-order valence-electron chi connectivity index (χ2n) is 14.6. The summed E-state index contributed by atoms with van der Waals surface area (Å²) in [4.78, 5) is 10.1. The van der Waals surface area contributed by atoms with E-state index in [1.807, 2.05) is 60.7 Å². The maximum Gasteiger partial charge on any atom is 0.159 e. The zero-order valence-corrected chi connectivity index (χ0v) is 30.6. The molecule has 3 aromatic heterocycles. The van der Waals surface area contributed by atoms with Crippen LogP contribution in [0.15, 0.2) is 201 Å². The molecular weight excluding hydrogens is 701 g/mol. The van der Waals surface area contributed by atoms with Gasteiger partial charge >= 0.3 is 0 Å². The average molecular weight is 733 g/mol. The largest absolute Gasteiger partial charge is 0.456 e. The normalized spacial score (nSPS) is 14.5. The van der Waals surface area contributed by atoms with Gasteiger partial charge in [0.25, 0.3) is 0 Å². The van der Waals surface area contributed by atoms with E-state index in [2.05, 4.69) is 131 Å². The monoisotopic (exact) mass is 732 g/mol. The van der Waals surface area contributed by atoms with Gasteiger partial charge in [0.2, 0.25) is 0 Å². The molecule has 0 aliphatic carbocycles. The summed E-state index contributed by atoms with van der Waals surface area (Å²) >= 11 is 0. The minimum Gasteiger partial charge on any atom is -0.456 e. The SMILES string of the molecule is c1ccc(C2=NC(c3ccccc3)NC(c3ccc4c(c3)oc3cccc(-n5c6ccccc6c6cc(-c7ccc8oc9ccccc9c8c7)ccc65)c34)=N2)cc1. The second-order valence-corrected chi connectivity index (χ2v) is 14.6. The van der Waals surface area contributed by atoms with E-state index in [-0.39, 0.29) is 6.17 Å². The number of furan rings is 2. The fourth-order valence-electron chi connectivity index (χ4n) is 8.58. The Balaban J connectivity index is 0.989. The standard InChI is InChI=1S/C51H32N4O2/c1-3-12-31(13-4-1)49-52-50(32-14-5-2-6-15-32)54-51(53-49)35-22-25-38-47(30-35)57-46-21-11-19-43(48(38)46)55-41-18-9-7-16-36(41)39-28-33(23-26-42(39)55)34-24-27-45-40(29-34)37-17-8-10-20-44(37)56-45/h1-30,49H,(H,52,53,54). The first-order valence-electron chi connectivity index (χ1n) is 19.2. The molecular formula is C51H32N4O2. The molecule has 0 saturated carbocycles. The average Bonchev–Trinajstić information content (AvgIpc) is 3.95. The molecule has 0 fully saturated rings. The smallest absolute Gasteiger partial charge is 0.159 e. The first kappa shape index (κ1) is 31.6. The highest BCUT2D eigenvalue weighted by Gasteiger charge is 2.23. The summed E-state index contributed by atoms with van der Waals surface area (Å²) in [5.41, 5.74) is 12.0. The number of aliphatic imine (C=N–C) groups is 2. The van der Waals surface area contributed by atoms with Gasteiger partial charge in [0.15, 0.2) is 5.84 Å². The van der Waals surface area contributed by atoms with Crippen molar-refractivity contribution in [2.75, 3.05) is 0 Å². The Bertz CT molecular complexity index is 3440. The van der Waals surface area contributed by atoms with Crippen molar-refractivity contribution in [1.29, 1.82) is 0 Å². The van der Waals surface area contributed by atoms with Gasteiger partial charge in [0.05, 0.1) is 22.1 Å². The zero-order chi connectivity index (χ0) is 37.5. The molecule has 268 valence electrons. The molecule has 4 heterocycles. The van der Waals surface area contributed by atoms with Crippen LogP contribution < -0.4 is 5.32 Å². The Morgan fingerprint density at radius 2 is 1.11 bits per heavy atom. The number of aromatic nitrogens is 1. The zero-order valence-electron chi connectivity index (χ0n) is 30.6. The lowest BCUT2D eigenvalue weighted by Crippen LogP contribution is -2.33. The molecule has 1 N–H and O–H groups in total. The van der Waals surface area contributed by atoms with E-state index in [1.54, 1.807) is 0 Å². The molecule has 57 heavy (non-hydrogen) atoms. The Labute approximate surface area is 326 Å². The highest BCUT2D eigenvalue weighted by Crippen LogP contribution is 2.41. The maximum absolute atomic E-state index is 6.67. The second kappa shape index (κ2) is 12.4. The first-order valence-corrected chi connectivity index (χ1v) is 19.2. The van der Waals surface area contributed by atoms with E-state index < -0.39 is 0 Å². The summed E-state index contributed by atoms with van der Waals surface area (Å²) in [6.45, 7) is 0. The fraction of sp³-hybridized carbons (Fsp3) is 0.0196. The predicted octanol–water partition coefficient (Wildman–Crippen LogP) is 12.7. The fourth-order valence-corrected chi connectivity index (χ4v) is 8.58. The summed E-state index contributed by atoms with van der Waals surface area (Å²) in [7, 11) is 0. The Kier molecular flexibility index (Phi) is 6.89. The van der Waals surface area contributed by atoms with Crippen LogP contribution in [0.25, 0.3) is 82.5 Å². The van der Waals surface area contributed by atoms with Gasteiger partial charge < -0.3 is 18.7 Å². The van der Waals surface area contributed by atoms with Crippen LogP contribution >= 0.6 is 0 Å². The lowest BCUT2D eigenvalue weighted by atomic mass is 10.0. The van der Waals surface area contributed by atoms with Gasteiger partial charge in [0.1, 0.15) is 34.3 Å². The lowest BCUT2D eigenvalue weighted by molar-refractivity contribution is 0.666.